The van der Waals surface area contributed by atoms with Crippen LogP contribution in [-0.4, -0.2) is 7.11 Å². The van der Waals surface area contributed by atoms with Gasteiger partial charge in [0.2, 0.25) is 0 Å². The molecule has 0 atom stereocenters. The topological polar surface area (TPSA) is 9.23 Å². The van der Waals surface area contributed by atoms with Crippen LogP contribution in [-0.2, 0) is 37.0 Å². The summed E-state index contributed by atoms with van der Waals surface area (Å²) >= 11 is 0. The summed E-state index contributed by atoms with van der Waals surface area (Å²) in [6.07, 6.45) is 4.51. The SMILES string of the molecule is CCc1cc(COC)c(CC)c(CC)c1CC. The van der Waals surface area contributed by atoms with Gasteiger partial charge in [-0.2, -0.15) is 0 Å². The molecule has 0 saturated heterocycles. The van der Waals surface area contributed by atoms with Gasteiger partial charge in [0, 0.05) is 7.11 Å². The van der Waals surface area contributed by atoms with Gasteiger partial charge in [0.05, 0.1) is 6.61 Å². The normalized spacial score (nSPS) is 10.9. The molecule has 0 bridgehead atoms. The second-order valence-electron chi connectivity index (χ2n) is 4.48. The number of hydrogen-bond donors (Lipinski definition) is 0. The number of aryl methyl sites for hydroxylation is 1. The Morgan fingerprint density at radius 2 is 1.29 bits per heavy atom. The lowest BCUT2D eigenvalue weighted by atomic mass is 9.87. The average Bonchev–Trinajstić information content (AvgIpc) is 2.37. The van der Waals surface area contributed by atoms with Crippen LogP contribution in [0.15, 0.2) is 6.07 Å². The Kier molecular flexibility index (Phi) is 5.70. The first-order valence-electron chi connectivity index (χ1n) is 6.87. The molecule has 0 aliphatic heterocycles. The van der Waals surface area contributed by atoms with Crippen molar-refractivity contribution in [2.45, 2.75) is 60.0 Å². The molecule has 0 radical (unpaired) electrons. The molecule has 1 rings (SSSR count). The summed E-state index contributed by atoms with van der Waals surface area (Å²) in [5, 5.41) is 0. The van der Waals surface area contributed by atoms with E-state index in [1.807, 2.05) is 0 Å². The summed E-state index contributed by atoms with van der Waals surface area (Å²) in [4.78, 5) is 0. The lowest BCUT2D eigenvalue weighted by Crippen LogP contribution is -2.07. The smallest absolute Gasteiger partial charge is 0.0715 e. The van der Waals surface area contributed by atoms with Gasteiger partial charge in [0.25, 0.3) is 0 Å². The van der Waals surface area contributed by atoms with Gasteiger partial charge in [0.1, 0.15) is 0 Å². The van der Waals surface area contributed by atoms with E-state index in [0.29, 0.717) is 0 Å². The molecule has 1 aromatic carbocycles. The Morgan fingerprint density at radius 3 is 1.71 bits per heavy atom. The predicted molar refractivity (Wildman–Crippen MR) is 74.7 cm³/mol. The highest BCUT2D eigenvalue weighted by atomic mass is 16.5. The molecule has 0 amide bonds. The predicted octanol–water partition coefficient (Wildman–Crippen LogP) is 4.08. The summed E-state index contributed by atoms with van der Waals surface area (Å²) in [6.45, 7) is 9.77. The highest BCUT2D eigenvalue weighted by Gasteiger charge is 2.13. The Balaban J connectivity index is 3.42. The fourth-order valence-corrected chi connectivity index (χ4v) is 2.86. The molecule has 0 unspecified atom stereocenters. The maximum Gasteiger partial charge on any atom is 0.0715 e. The maximum atomic E-state index is 5.34. The summed E-state index contributed by atoms with van der Waals surface area (Å²) < 4.78 is 5.34. The van der Waals surface area contributed by atoms with Crippen molar-refractivity contribution >= 4 is 0 Å². The summed E-state index contributed by atoms with van der Waals surface area (Å²) in [5.74, 6) is 0. The summed E-state index contributed by atoms with van der Waals surface area (Å²) in [5.41, 5.74) is 7.56. The number of ether oxygens (including phenoxy) is 1. The van der Waals surface area contributed by atoms with Gasteiger partial charge in [-0.05, 0) is 53.5 Å². The number of methoxy groups -OCH3 is 1. The van der Waals surface area contributed by atoms with E-state index in [0.717, 1.165) is 32.3 Å². The van der Waals surface area contributed by atoms with Gasteiger partial charge < -0.3 is 4.74 Å². The van der Waals surface area contributed by atoms with Crippen molar-refractivity contribution in [1.82, 2.24) is 0 Å². The Bertz CT molecular complexity index is 366. The van der Waals surface area contributed by atoms with Crippen molar-refractivity contribution in [3.63, 3.8) is 0 Å². The standard InChI is InChI=1S/C16H26O/c1-6-12-10-13(11-17-5)15(8-3)16(9-4)14(12)7-2/h10H,6-9,11H2,1-5H3. The zero-order chi connectivity index (χ0) is 12.8. The Hall–Kier alpha value is -0.820. The van der Waals surface area contributed by atoms with Crippen LogP contribution in [0.5, 0.6) is 0 Å². The van der Waals surface area contributed by atoms with Crippen LogP contribution in [0.4, 0.5) is 0 Å². The molecule has 0 saturated carbocycles. The molecule has 17 heavy (non-hydrogen) atoms. The monoisotopic (exact) mass is 234 g/mol. The Morgan fingerprint density at radius 1 is 0.765 bits per heavy atom. The molecule has 0 N–H and O–H groups in total. The van der Waals surface area contributed by atoms with E-state index in [4.69, 9.17) is 4.74 Å². The van der Waals surface area contributed by atoms with Crippen molar-refractivity contribution in [2.24, 2.45) is 0 Å². The lowest BCUT2D eigenvalue weighted by molar-refractivity contribution is 0.184. The van der Waals surface area contributed by atoms with Gasteiger partial charge in [-0.15, -0.1) is 0 Å². The molecular weight excluding hydrogens is 208 g/mol. The van der Waals surface area contributed by atoms with Crippen LogP contribution in [0.1, 0.15) is 55.5 Å². The first kappa shape index (κ1) is 14.2. The third-order valence-electron chi connectivity index (χ3n) is 3.59. The van der Waals surface area contributed by atoms with E-state index in [1.54, 1.807) is 18.2 Å². The van der Waals surface area contributed by atoms with Crippen LogP contribution in [0, 0.1) is 0 Å². The average molecular weight is 234 g/mol. The molecule has 0 fully saturated rings. The van der Waals surface area contributed by atoms with Crippen molar-refractivity contribution in [3.05, 3.63) is 33.9 Å². The van der Waals surface area contributed by atoms with Crippen molar-refractivity contribution in [1.29, 1.82) is 0 Å². The summed E-state index contributed by atoms with van der Waals surface area (Å²) in [7, 11) is 1.78. The molecule has 0 spiro atoms. The molecule has 0 aliphatic carbocycles. The minimum absolute atomic E-state index is 0.743. The lowest BCUT2D eigenvalue weighted by Gasteiger charge is -2.20. The van der Waals surface area contributed by atoms with Crippen molar-refractivity contribution in [2.75, 3.05) is 7.11 Å². The molecule has 1 aromatic rings. The van der Waals surface area contributed by atoms with Gasteiger partial charge in [-0.25, -0.2) is 0 Å². The van der Waals surface area contributed by atoms with E-state index < -0.39 is 0 Å². The van der Waals surface area contributed by atoms with Crippen LogP contribution < -0.4 is 0 Å². The number of benzene rings is 1. The highest BCUT2D eigenvalue weighted by molar-refractivity contribution is 5.46. The second kappa shape index (κ2) is 6.80. The third-order valence-corrected chi connectivity index (χ3v) is 3.59. The quantitative estimate of drug-likeness (QED) is 0.720. The summed E-state index contributed by atoms with van der Waals surface area (Å²) in [6, 6.07) is 2.36. The fourth-order valence-electron chi connectivity index (χ4n) is 2.86. The largest absolute Gasteiger partial charge is 0.380 e. The van der Waals surface area contributed by atoms with Gasteiger partial charge >= 0.3 is 0 Å². The first-order valence-corrected chi connectivity index (χ1v) is 6.87. The Labute approximate surface area is 106 Å². The third kappa shape index (κ3) is 2.90. The van der Waals surface area contributed by atoms with Gasteiger partial charge in [-0.1, -0.05) is 33.8 Å². The van der Waals surface area contributed by atoms with Gasteiger partial charge in [0.15, 0.2) is 0 Å². The number of hydrogen-bond acceptors (Lipinski definition) is 1. The van der Waals surface area contributed by atoms with Gasteiger partial charge in [-0.3, -0.25) is 0 Å². The molecule has 0 aliphatic rings. The van der Waals surface area contributed by atoms with E-state index in [1.165, 1.54) is 16.7 Å². The van der Waals surface area contributed by atoms with E-state index in [-0.39, 0.29) is 0 Å². The zero-order valence-corrected chi connectivity index (χ0v) is 12.0. The van der Waals surface area contributed by atoms with E-state index in [2.05, 4.69) is 33.8 Å². The van der Waals surface area contributed by atoms with Crippen molar-refractivity contribution in [3.8, 4) is 0 Å². The van der Waals surface area contributed by atoms with E-state index >= 15 is 0 Å². The second-order valence-corrected chi connectivity index (χ2v) is 4.48. The van der Waals surface area contributed by atoms with Crippen LogP contribution >= 0.6 is 0 Å². The minimum Gasteiger partial charge on any atom is -0.380 e. The number of rotatable bonds is 6. The molecule has 96 valence electrons. The highest BCUT2D eigenvalue weighted by Crippen LogP contribution is 2.26. The van der Waals surface area contributed by atoms with E-state index in [9.17, 15) is 0 Å². The zero-order valence-electron chi connectivity index (χ0n) is 12.0. The molecule has 1 nitrogen and oxygen atoms in total. The fraction of sp³-hybridized carbons (Fsp3) is 0.625. The van der Waals surface area contributed by atoms with Crippen molar-refractivity contribution < 1.29 is 4.74 Å². The molecule has 0 heterocycles. The van der Waals surface area contributed by atoms with Crippen LogP contribution in [0.2, 0.25) is 0 Å². The maximum absolute atomic E-state index is 5.34. The molecule has 1 heteroatoms. The van der Waals surface area contributed by atoms with Crippen LogP contribution in [0.3, 0.4) is 0 Å². The van der Waals surface area contributed by atoms with Crippen LogP contribution in [0.25, 0.3) is 0 Å². The first-order chi connectivity index (χ1) is 8.23. The minimum atomic E-state index is 0.743. The molecular formula is C16H26O. The molecule has 0 aromatic heterocycles.